The Balaban J connectivity index is 1.64. The van der Waals surface area contributed by atoms with Crippen molar-refractivity contribution in [2.45, 2.75) is 25.8 Å². The second-order valence-electron chi connectivity index (χ2n) is 7.84. The zero-order valence-electron chi connectivity index (χ0n) is 18.5. The lowest BCUT2D eigenvalue weighted by Crippen LogP contribution is -2.31. The van der Waals surface area contributed by atoms with Gasteiger partial charge in [-0.1, -0.05) is 0 Å². The molecule has 1 saturated carbocycles. The molecule has 32 heavy (non-hydrogen) atoms. The number of carbonyl (C=O) groups is 2. The van der Waals surface area contributed by atoms with E-state index in [1.165, 1.54) is 11.3 Å². The molecule has 2 heterocycles. The van der Waals surface area contributed by atoms with Gasteiger partial charge in [0.25, 0.3) is 5.91 Å². The van der Waals surface area contributed by atoms with Crippen molar-refractivity contribution in [3.63, 3.8) is 0 Å². The summed E-state index contributed by atoms with van der Waals surface area (Å²) in [6, 6.07) is 6.79. The van der Waals surface area contributed by atoms with Gasteiger partial charge in [0, 0.05) is 31.4 Å². The Labute approximate surface area is 190 Å². The monoisotopic (exact) mass is 454 g/mol. The summed E-state index contributed by atoms with van der Waals surface area (Å²) in [6.45, 7) is 1.86. The van der Waals surface area contributed by atoms with Crippen LogP contribution in [0.25, 0.3) is 0 Å². The Morgan fingerprint density at radius 1 is 1.16 bits per heavy atom. The lowest BCUT2D eigenvalue weighted by molar-refractivity contribution is -0.117. The first-order valence-corrected chi connectivity index (χ1v) is 11.1. The third kappa shape index (κ3) is 4.62. The number of methoxy groups -OCH3 is 2. The highest BCUT2D eigenvalue weighted by atomic mass is 32.1. The van der Waals surface area contributed by atoms with Crippen molar-refractivity contribution < 1.29 is 19.1 Å². The maximum absolute atomic E-state index is 13.3. The second-order valence-corrected chi connectivity index (χ2v) is 8.89. The zero-order valence-corrected chi connectivity index (χ0v) is 19.3. The summed E-state index contributed by atoms with van der Waals surface area (Å²) in [4.78, 5) is 30.4. The van der Waals surface area contributed by atoms with Crippen molar-refractivity contribution in [1.29, 1.82) is 0 Å². The van der Waals surface area contributed by atoms with Gasteiger partial charge < -0.3 is 24.7 Å². The normalized spacial score (nSPS) is 14.0. The first kappa shape index (κ1) is 21.9. The van der Waals surface area contributed by atoms with Crippen LogP contribution in [0.5, 0.6) is 11.5 Å². The predicted molar refractivity (Wildman–Crippen MR) is 122 cm³/mol. The van der Waals surface area contributed by atoms with E-state index in [0.717, 1.165) is 24.0 Å². The third-order valence-corrected chi connectivity index (χ3v) is 6.57. The van der Waals surface area contributed by atoms with E-state index in [9.17, 15) is 9.59 Å². The topological polar surface area (TPSA) is 94.5 Å². The molecule has 0 spiro atoms. The number of aromatic nitrogens is 2. The van der Waals surface area contributed by atoms with Crippen molar-refractivity contribution in [2.75, 3.05) is 19.5 Å². The molecule has 2 amide bonds. The summed E-state index contributed by atoms with van der Waals surface area (Å²) in [5, 5.41) is 6.71. The van der Waals surface area contributed by atoms with Gasteiger partial charge in [0.05, 0.1) is 24.1 Å². The lowest BCUT2D eigenvalue weighted by Gasteiger charge is -2.20. The Morgan fingerprint density at radius 3 is 2.41 bits per heavy atom. The summed E-state index contributed by atoms with van der Waals surface area (Å²) in [6.07, 6.45) is 5.37. The minimum Gasteiger partial charge on any atom is -0.497 e. The molecule has 1 unspecified atom stereocenters. The molecule has 168 valence electrons. The third-order valence-electron chi connectivity index (χ3n) is 5.42. The molecule has 0 radical (unpaired) electrons. The Kier molecular flexibility index (Phi) is 6.18. The average Bonchev–Trinajstić information content (AvgIpc) is 3.46. The number of hydrogen-bond donors (Lipinski definition) is 2. The van der Waals surface area contributed by atoms with E-state index in [4.69, 9.17) is 9.47 Å². The van der Waals surface area contributed by atoms with E-state index in [-0.39, 0.29) is 17.7 Å². The number of aryl methyl sites for hydroxylation is 2. The molecule has 3 aromatic rings. The molecular formula is C23H26N4O4S. The van der Waals surface area contributed by atoms with Crippen LogP contribution in [0.3, 0.4) is 0 Å². The number of carbonyl (C=O) groups excluding carboxylic acids is 2. The zero-order chi connectivity index (χ0) is 22.8. The molecule has 2 aromatic heterocycles. The van der Waals surface area contributed by atoms with Gasteiger partial charge in [-0.05, 0) is 49.1 Å². The minimum atomic E-state index is -0.530. The van der Waals surface area contributed by atoms with Gasteiger partial charge in [-0.3, -0.25) is 9.59 Å². The molecule has 0 aliphatic heterocycles. The molecule has 8 nitrogen and oxygen atoms in total. The molecule has 1 aliphatic rings. The van der Waals surface area contributed by atoms with Crippen molar-refractivity contribution in [3.05, 3.63) is 58.5 Å². The van der Waals surface area contributed by atoms with Gasteiger partial charge in [-0.25, -0.2) is 4.98 Å². The van der Waals surface area contributed by atoms with E-state index >= 15 is 0 Å². The van der Waals surface area contributed by atoms with Gasteiger partial charge >= 0.3 is 0 Å². The van der Waals surface area contributed by atoms with Crippen LogP contribution in [0.15, 0.2) is 36.7 Å². The Morgan fingerprint density at radius 2 is 1.84 bits per heavy atom. The SMILES string of the molecule is COc1cc(OC)cc(C(NC(=O)c2sc(NC(=O)C3CC3)cc2C)c2nccn2C)c1. The van der Waals surface area contributed by atoms with Crippen LogP contribution in [0.4, 0.5) is 5.00 Å². The van der Waals surface area contributed by atoms with Crippen molar-refractivity contribution >= 4 is 28.2 Å². The molecule has 1 fully saturated rings. The predicted octanol–water partition coefficient (Wildman–Crippen LogP) is 3.68. The Hall–Kier alpha value is -3.33. The first-order valence-electron chi connectivity index (χ1n) is 10.3. The lowest BCUT2D eigenvalue weighted by atomic mass is 10.0. The van der Waals surface area contributed by atoms with E-state index in [2.05, 4.69) is 15.6 Å². The molecule has 1 atom stereocenters. The van der Waals surface area contributed by atoms with Crippen LogP contribution in [-0.4, -0.2) is 35.6 Å². The maximum atomic E-state index is 13.3. The molecule has 1 aliphatic carbocycles. The maximum Gasteiger partial charge on any atom is 0.262 e. The van der Waals surface area contributed by atoms with Crippen LogP contribution in [0, 0.1) is 12.8 Å². The molecule has 9 heteroatoms. The highest BCUT2D eigenvalue weighted by Gasteiger charge is 2.30. The van der Waals surface area contributed by atoms with Gasteiger partial charge in [-0.2, -0.15) is 0 Å². The first-order chi connectivity index (χ1) is 15.4. The van der Waals surface area contributed by atoms with Gasteiger partial charge in [0.15, 0.2) is 0 Å². The number of thiophene rings is 1. The number of imidazole rings is 1. The minimum absolute atomic E-state index is 0.0209. The number of hydrogen-bond acceptors (Lipinski definition) is 6. The second kappa shape index (κ2) is 9.04. The molecule has 1 aromatic carbocycles. The molecule has 0 bridgehead atoms. The molecule has 2 N–H and O–H groups in total. The van der Waals surface area contributed by atoms with Crippen LogP contribution in [0.1, 0.15) is 45.5 Å². The van der Waals surface area contributed by atoms with Crippen LogP contribution in [-0.2, 0) is 11.8 Å². The smallest absolute Gasteiger partial charge is 0.262 e. The van der Waals surface area contributed by atoms with E-state index in [1.807, 2.05) is 42.9 Å². The van der Waals surface area contributed by atoms with Crippen molar-refractivity contribution in [1.82, 2.24) is 14.9 Å². The number of amides is 2. The number of anilines is 1. The fraction of sp³-hybridized carbons (Fsp3) is 0.348. The summed E-state index contributed by atoms with van der Waals surface area (Å²) < 4.78 is 12.7. The largest absolute Gasteiger partial charge is 0.497 e. The number of benzene rings is 1. The van der Waals surface area contributed by atoms with E-state index < -0.39 is 6.04 Å². The van der Waals surface area contributed by atoms with E-state index in [0.29, 0.717) is 27.2 Å². The quantitative estimate of drug-likeness (QED) is 0.542. The molecular weight excluding hydrogens is 428 g/mol. The summed E-state index contributed by atoms with van der Waals surface area (Å²) in [5.74, 6) is 1.78. The van der Waals surface area contributed by atoms with Crippen molar-refractivity contribution in [2.24, 2.45) is 13.0 Å². The van der Waals surface area contributed by atoms with Gasteiger partial charge in [0.1, 0.15) is 23.4 Å². The number of nitrogens with one attached hydrogen (secondary N) is 2. The van der Waals surface area contributed by atoms with Crippen LogP contribution < -0.4 is 20.1 Å². The highest BCUT2D eigenvalue weighted by molar-refractivity contribution is 7.18. The number of nitrogens with zero attached hydrogens (tertiary/aromatic N) is 2. The Bertz CT molecular complexity index is 1130. The standard InChI is InChI=1S/C23H26N4O4S/c1-13-9-18(25-22(28)14-5-6-14)32-20(13)23(29)26-19(21-24-7-8-27(21)2)15-10-16(30-3)12-17(11-15)31-4/h7-12,14,19H,5-6H2,1-4H3,(H,25,28)(H,26,29). The molecule has 4 rings (SSSR count). The van der Waals surface area contributed by atoms with Gasteiger partial charge in [-0.15, -0.1) is 11.3 Å². The van der Waals surface area contributed by atoms with Gasteiger partial charge in [0.2, 0.25) is 5.91 Å². The molecule has 0 saturated heterocycles. The fourth-order valence-electron chi connectivity index (χ4n) is 3.48. The van der Waals surface area contributed by atoms with Crippen LogP contribution in [0.2, 0.25) is 0 Å². The summed E-state index contributed by atoms with van der Waals surface area (Å²) >= 11 is 1.27. The summed E-state index contributed by atoms with van der Waals surface area (Å²) in [5.41, 5.74) is 1.58. The number of rotatable bonds is 8. The highest BCUT2D eigenvalue weighted by Crippen LogP contribution is 2.34. The average molecular weight is 455 g/mol. The van der Waals surface area contributed by atoms with Crippen molar-refractivity contribution in [3.8, 4) is 11.5 Å². The fourth-order valence-corrected chi connectivity index (χ4v) is 4.46. The van der Waals surface area contributed by atoms with E-state index in [1.54, 1.807) is 26.5 Å². The van der Waals surface area contributed by atoms with Crippen LogP contribution >= 0.6 is 11.3 Å². The number of ether oxygens (including phenoxy) is 2. The summed E-state index contributed by atoms with van der Waals surface area (Å²) in [7, 11) is 5.04.